The third-order valence-corrected chi connectivity index (χ3v) is 4.32. The Kier molecular flexibility index (Phi) is 2.96. The summed E-state index contributed by atoms with van der Waals surface area (Å²) in [6, 6.07) is 6.70. The molecule has 0 amide bonds. The molecule has 0 saturated heterocycles. The van der Waals surface area contributed by atoms with Gasteiger partial charge >= 0.3 is 0 Å². The highest BCUT2D eigenvalue weighted by Crippen LogP contribution is 2.32. The van der Waals surface area contributed by atoms with Crippen LogP contribution in [0.5, 0.6) is 0 Å². The minimum Gasteiger partial charge on any atom is -0.368 e. The SMILES string of the molecule is Cc1cnc(N)nc1Sc1ccc2c(c1)CCC2. The van der Waals surface area contributed by atoms with Gasteiger partial charge in [-0.1, -0.05) is 17.8 Å². The van der Waals surface area contributed by atoms with Crippen molar-refractivity contribution in [3.63, 3.8) is 0 Å². The maximum Gasteiger partial charge on any atom is 0.221 e. The molecule has 0 unspecified atom stereocenters. The Morgan fingerprint density at radius 1 is 1.22 bits per heavy atom. The van der Waals surface area contributed by atoms with E-state index < -0.39 is 0 Å². The second kappa shape index (κ2) is 4.61. The van der Waals surface area contributed by atoms with Crippen molar-refractivity contribution in [3.05, 3.63) is 41.1 Å². The Morgan fingerprint density at radius 2 is 2.06 bits per heavy atom. The van der Waals surface area contributed by atoms with Crippen LogP contribution >= 0.6 is 11.8 Å². The number of nitrogens with two attached hydrogens (primary N) is 1. The lowest BCUT2D eigenvalue weighted by molar-refractivity contribution is 0.911. The molecule has 0 spiro atoms. The topological polar surface area (TPSA) is 51.8 Å². The van der Waals surface area contributed by atoms with Crippen LogP contribution in [0.4, 0.5) is 5.95 Å². The Bertz CT molecular complexity index is 596. The van der Waals surface area contributed by atoms with Gasteiger partial charge in [-0.2, -0.15) is 0 Å². The number of rotatable bonds is 2. The lowest BCUT2D eigenvalue weighted by atomic mass is 10.1. The average Bonchev–Trinajstić information content (AvgIpc) is 2.81. The molecule has 1 heterocycles. The molecule has 3 nitrogen and oxygen atoms in total. The maximum atomic E-state index is 5.64. The van der Waals surface area contributed by atoms with Gasteiger partial charge in [-0.15, -0.1) is 0 Å². The Hall–Kier alpha value is -1.55. The number of fused-ring (bicyclic) bond motifs is 1. The second-order valence-electron chi connectivity index (χ2n) is 4.60. The minimum absolute atomic E-state index is 0.337. The van der Waals surface area contributed by atoms with E-state index in [1.807, 2.05) is 6.92 Å². The Labute approximate surface area is 111 Å². The molecule has 0 aliphatic heterocycles. The van der Waals surface area contributed by atoms with Crippen LogP contribution in [0.1, 0.15) is 23.1 Å². The van der Waals surface area contributed by atoms with E-state index in [1.165, 1.54) is 35.3 Å². The number of benzene rings is 1. The van der Waals surface area contributed by atoms with E-state index in [0.717, 1.165) is 10.6 Å². The summed E-state index contributed by atoms with van der Waals surface area (Å²) in [6.45, 7) is 2.01. The van der Waals surface area contributed by atoms with Gasteiger partial charge in [0.1, 0.15) is 5.03 Å². The highest BCUT2D eigenvalue weighted by Gasteiger charge is 2.12. The molecule has 1 aromatic heterocycles. The van der Waals surface area contributed by atoms with Crippen molar-refractivity contribution in [1.82, 2.24) is 9.97 Å². The molecule has 92 valence electrons. The van der Waals surface area contributed by atoms with Gasteiger partial charge in [0.05, 0.1) is 0 Å². The van der Waals surface area contributed by atoms with Crippen molar-refractivity contribution >= 4 is 17.7 Å². The standard InChI is InChI=1S/C14H15N3S/c1-9-8-16-14(15)17-13(9)18-12-6-5-10-3-2-4-11(10)7-12/h5-8H,2-4H2,1H3,(H2,15,16,17). The Morgan fingerprint density at radius 3 is 2.94 bits per heavy atom. The summed E-state index contributed by atoms with van der Waals surface area (Å²) in [5.74, 6) is 0.337. The van der Waals surface area contributed by atoms with E-state index in [-0.39, 0.29) is 0 Å². The quantitative estimate of drug-likeness (QED) is 0.840. The van der Waals surface area contributed by atoms with Crippen LogP contribution in [0.15, 0.2) is 34.3 Å². The van der Waals surface area contributed by atoms with Crippen LogP contribution in [-0.2, 0) is 12.8 Å². The molecule has 0 bridgehead atoms. The highest BCUT2D eigenvalue weighted by molar-refractivity contribution is 7.99. The van der Waals surface area contributed by atoms with Gasteiger partial charge in [0, 0.05) is 16.7 Å². The first-order valence-electron chi connectivity index (χ1n) is 6.11. The molecule has 0 saturated carbocycles. The monoisotopic (exact) mass is 257 g/mol. The molecule has 0 atom stereocenters. The normalized spacial score (nSPS) is 13.6. The number of anilines is 1. The molecular weight excluding hydrogens is 242 g/mol. The number of nitrogen functional groups attached to an aromatic ring is 1. The molecule has 18 heavy (non-hydrogen) atoms. The summed E-state index contributed by atoms with van der Waals surface area (Å²) in [7, 11) is 0. The van der Waals surface area contributed by atoms with Crippen molar-refractivity contribution in [3.8, 4) is 0 Å². The van der Waals surface area contributed by atoms with Crippen LogP contribution in [0.25, 0.3) is 0 Å². The van der Waals surface area contributed by atoms with Crippen LogP contribution in [0.2, 0.25) is 0 Å². The van der Waals surface area contributed by atoms with E-state index in [0.29, 0.717) is 5.95 Å². The largest absolute Gasteiger partial charge is 0.368 e. The minimum atomic E-state index is 0.337. The Balaban J connectivity index is 1.90. The zero-order valence-electron chi connectivity index (χ0n) is 10.3. The summed E-state index contributed by atoms with van der Waals surface area (Å²) >= 11 is 1.66. The lowest BCUT2D eigenvalue weighted by Crippen LogP contribution is -1.97. The molecule has 4 heteroatoms. The first-order valence-corrected chi connectivity index (χ1v) is 6.93. The summed E-state index contributed by atoms with van der Waals surface area (Å²) < 4.78 is 0. The van der Waals surface area contributed by atoms with E-state index in [4.69, 9.17) is 5.73 Å². The molecule has 3 rings (SSSR count). The molecular formula is C14H15N3S. The number of aromatic nitrogens is 2. The molecule has 1 aliphatic carbocycles. The fraction of sp³-hybridized carbons (Fsp3) is 0.286. The van der Waals surface area contributed by atoms with Crippen LogP contribution in [0, 0.1) is 6.92 Å². The first kappa shape index (κ1) is 11.5. The van der Waals surface area contributed by atoms with Gasteiger partial charge < -0.3 is 5.73 Å². The van der Waals surface area contributed by atoms with Crippen LogP contribution < -0.4 is 5.73 Å². The third-order valence-electron chi connectivity index (χ3n) is 3.23. The number of aryl methyl sites for hydroxylation is 3. The van der Waals surface area contributed by atoms with Gasteiger partial charge in [-0.3, -0.25) is 0 Å². The van der Waals surface area contributed by atoms with Crippen molar-refractivity contribution in [1.29, 1.82) is 0 Å². The zero-order chi connectivity index (χ0) is 12.5. The van der Waals surface area contributed by atoms with E-state index in [2.05, 4.69) is 28.2 Å². The highest BCUT2D eigenvalue weighted by atomic mass is 32.2. The predicted molar refractivity (Wildman–Crippen MR) is 73.8 cm³/mol. The van der Waals surface area contributed by atoms with Gasteiger partial charge in [0.15, 0.2) is 0 Å². The van der Waals surface area contributed by atoms with E-state index in [9.17, 15) is 0 Å². The number of hydrogen-bond donors (Lipinski definition) is 1. The second-order valence-corrected chi connectivity index (χ2v) is 5.66. The fourth-order valence-corrected chi connectivity index (χ4v) is 3.18. The smallest absolute Gasteiger partial charge is 0.221 e. The van der Waals surface area contributed by atoms with Crippen LogP contribution in [0.3, 0.4) is 0 Å². The van der Waals surface area contributed by atoms with Gasteiger partial charge in [-0.25, -0.2) is 9.97 Å². The van der Waals surface area contributed by atoms with Gasteiger partial charge in [-0.05, 0) is 49.4 Å². The zero-order valence-corrected chi connectivity index (χ0v) is 11.1. The van der Waals surface area contributed by atoms with Crippen molar-refractivity contribution in [2.24, 2.45) is 0 Å². The first-order chi connectivity index (χ1) is 8.72. The van der Waals surface area contributed by atoms with Crippen LogP contribution in [-0.4, -0.2) is 9.97 Å². The van der Waals surface area contributed by atoms with E-state index in [1.54, 1.807) is 18.0 Å². The average molecular weight is 257 g/mol. The molecule has 1 aromatic carbocycles. The van der Waals surface area contributed by atoms with Gasteiger partial charge in [0.2, 0.25) is 5.95 Å². The van der Waals surface area contributed by atoms with Crippen molar-refractivity contribution in [2.45, 2.75) is 36.1 Å². The molecule has 1 aliphatic rings. The number of nitrogens with zero attached hydrogens (tertiary/aromatic N) is 2. The summed E-state index contributed by atoms with van der Waals surface area (Å²) in [5, 5.41) is 0.945. The summed E-state index contributed by atoms with van der Waals surface area (Å²) in [4.78, 5) is 9.52. The fourth-order valence-electron chi connectivity index (χ4n) is 2.27. The third kappa shape index (κ3) is 2.20. The predicted octanol–water partition coefficient (Wildman–Crippen LogP) is 3.01. The van der Waals surface area contributed by atoms with Crippen molar-refractivity contribution < 1.29 is 0 Å². The van der Waals surface area contributed by atoms with Gasteiger partial charge in [0.25, 0.3) is 0 Å². The maximum absolute atomic E-state index is 5.64. The molecule has 0 radical (unpaired) electrons. The van der Waals surface area contributed by atoms with E-state index >= 15 is 0 Å². The molecule has 0 fully saturated rings. The summed E-state index contributed by atoms with van der Waals surface area (Å²) in [5.41, 5.74) is 9.68. The van der Waals surface area contributed by atoms with Crippen molar-refractivity contribution in [2.75, 3.05) is 5.73 Å². The lowest BCUT2D eigenvalue weighted by Gasteiger charge is -2.06. The summed E-state index contributed by atoms with van der Waals surface area (Å²) in [6.07, 6.45) is 5.48. The molecule has 2 N–H and O–H groups in total. The molecule has 2 aromatic rings. The number of hydrogen-bond acceptors (Lipinski definition) is 4.